The first kappa shape index (κ1) is 13.9. The Morgan fingerprint density at radius 3 is 1.36 bits per heavy atom. The van der Waals surface area contributed by atoms with Gasteiger partial charge < -0.3 is 18.8 Å². The van der Waals surface area contributed by atoms with Crippen LogP contribution in [0.1, 0.15) is 27.7 Å². The van der Waals surface area contributed by atoms with Gasteiger partial charge in [0.25, 0.3) is 0 Å². The van der Waals surface area contributed by atoms with Gasteiger partial charge in [-0.25, -0.2) is 5.02 Å². The largest absolute Gasteiger partial charge is 0.671 e. The number of ether oxygens (including phenoxy) is 2. The summed E-state index contributed by atoms with van der Waals surface area (Å²) in [6.45, 7) is 6.50. The highest BCUT2D eigenvalue weighted by atomic mass is 16.8. The molecule has 0 rings (SSSR count). The van der Waals surface area contributed by atoms with Crippen LogP contribution in [0.25, 0.3) is 0 Å². The minimum atomic E-state index is -1.64. The minimum absolute atomic E-state index is 0.962. The number of methoxy groups -OCH3 is 2. The van der Waals surface area contributed by atoms with Crippen molar-refractivity contribution >= 4 is 7.32 Å². The topological polar surface area (TPSA) is 56.8 Å². The highest BCUT2D eigenvalue weighted by molar-refractivity contribution is 6.34. The van der Waals surface area contributed by atoms with E-state index >= 15 is 0 Å². The molecule has 0 aliphatic carbocycles. The van der Waals surface area contributed by atoms with Gasteiger partial charge in [0.1, 0.15) is 0 Å². The molecule has 0 heterocycles. The molecule has 0 aromatic rings. The van der Waals surface area contributed by atoms with Crippen LogP contribution in [0.3, 0.4) is 0 Å². The average Bonchev–Trinajstić information content (AvgIpc) is 2.02. The Labute approximate surface area is 85.5 Å². The molecule has 0 aliphatic rings. The number of rotatable bonds is 6. The van der Waals surface area contributed by atoms with E-state index in [1.54, 1.807) is 27.7 Å². The first-order chi connectivity index (χ1) is 6.22. The van der Waals surface area contributed by atoms with E-state index in [-0.39, 0.29) is 0 Å². The van der Waals surface area contributed by atoms with Crippen LogP contribution >= 0.6 is 0 Å². The van der Waals surface area contributed by atoms with Gasteiger partial charge >= 0.3 is 7.32 Å². The summed E-state index contributed by atoms with van der Waals surface area (Å²) in [5.41, 5.74) is 0. The van der Waals surface area contributed by atoms with Crippen molar-refractivity contribution in [2.24, 2.45) is 0 Å². The van der Waals surface area contributed by atoms with Gasteiger partial charge in [-0.2, -0.15) is 0 Å². The van der Waals surface area contributed by atoms with E-state index in [1.807, 2.05) is 0 Å². The SMILES string of the molecule is COC(C)(C)OB([O])OC(C)(C)OC. The second kappa shape index (κ2) is 5.09. The summed E-state index contributed by atoms with van der Waals surface area (Å²) in [5, 5.41) is 11.3. The molecule has 14 heavy (non-hydrogen) atoms. The Balaban J connectivity index is 4.04. The zero-order valence-corrected chi connectivity index (χ0v) is 9.62. The van der Waals surface area contributed by atoms with Crippen LogP contribution in [0, 0.1) is 0 Å². The fourth-order valence-electron chi connectivity index (χ4n) is 0.584. The fourth-order valence-corrected chi connectivity index (χ4v) is 0.584. The van der Waals surface area contributed by atoms with Crippen LogP contribution in [-0.2, 0) is 23.8 Å². The second-order valence-corrected chi connectivity index (χ2v) is 3.73. The van der Waals surface area contributed by atoms with E-state index < -0.39 is 18.9 Å². The number of hydrogen-bond acceptors (Lipinski definition) is 4. The highest BCUT2D eigenvalue weighted by Gasteiger charge is 2.34. The molecule has 0 aromatic carbocycles. The van der Waals surface area contributed by atoms with E-state index in [0.717, 1.165) is 0 Å². The predicted octanol–water partition coefficient (Wildman–Crippen LogP) is 1.20. The highest BCUT2D eigenvalue weighted by Crippen LogP contribution is 2.16. The third-order valence-electron chi connectivity index (χ3n) is 1.74. The predicted molar refractivity (Wildman–Crippen MR) is 50.8 cm³/mol. The van der Waals surface area contributed by atoms with Gasteiger partial charge in [-0.1, -0.05) is 0 Å². The van der Waals surface area contributed by atoms with E-state index in [2.05, 4.69) is 0 Å². The molecule has 0 N–H and O–H groups in total. The molecule has 0 fully saturated rings. The fraction of sp³-hybridized carbons (Fsp3) is 1.00. The van der Waals surface area contributed by atoms with Crippen LogP contribution in [0.5, 0.6) is 0 Å². The van der Waals surface area contributed by atoms with Crippen molar-refractivity contribution in [3.05, 3.63) is 0 Å². The zero-order chi connectivity index (χ0) is 11.4. The molecule has 0 amide bonds. The lowest BCUT2D eigenvalue weighted by Gasteiger charge is -2.28. The summed E-state index contributed by atoms with van der Waals surface area (Å²) >= 11 is 0. The van der Waals surface area contributed by atoms with E-state index in [0.29, 0.717) is 0 Å². The third-order valence-corrected chi connectivity index (χ3v) is 1.74. The molecule has 0 unspecified atom stereocenters. The van der Waals surface area contributed by atoms with Gasteiger partial charge in [-0.3, -0.25) is 0 Å². The maximum Gasteiger partial charge on any atom is 0.671 e. The first-order valence-electron chi connectivity index (χ1n) is 4.34. The summed E-state index contributed by atoms with van der Waals surface area (Å²) in [7, 11) is 1.27. The molecular formula is C8H18BO5. The van der Waals surface area contributed by atoms with Crippen molar-refractivity contribution in [1.82, 2.24) is 0 Å². The van der Waals surface area contributed by atoms with Crippen LogP contribution in [0.2, 0.25) is 0 Å². The van der Waals surface area contributed by atoms with Gasteiger partial charge in [0.05, 0.1) is 0 Å². The summed E-state index contributed by atoms with van der Waals surface area (Å²) in [5.74, 6) is -1.92. The molecule has 0 atom stereocenters. The van der Waals surface area contributed by atoms with Gasteiger partial charge in [-0.05, 0) is 27.7 Å². The molecule has 6 heteroatoms. The van der Waals surface area contributed by atoms with Crippen LogP contribution in [0.4, 0.5) is 0 Å². The van der Waals surface area contributed by atoms with E-state index in [9.17, 15) is 5.02 Å². The van der Waals surface area contributed by atoms with Gasteiger partial charge in [0, 0.05) is 14.2 Å². The molecule has 0 aromatic heterocycles. The van der Waals surface area contributed by atoms with E-state index in [4.69, 9.17) is 18.8 Å². The maximum atomic E-state index is 11.3. The average molecular weight is 205 g/mol. The molecule has 5 nitrogen and oxygen atoms in total. The maximum absolute atomic E-state index is 11.3. The lowest BCUT2D eigenvalue weighted by atomic mass is 10.2. The number of hydrogen-bond donors (Lipinski definition) is 0. The molecule has 0 aliphatic heterocycles. The lowest BCUT2D eigenvalue weighted by molar-refractivity contribution is -0.201. The monoisotopic (exact) mass is 205 g/mol. The van der Waals surface area contributed by atoms with Crippen molar-refractivity contribution in [1.29, 1.82) is 0 Å². The molecule has 0 spiro atoms. The summed E-state index contributed by atoms with van der Waals surface area (Å²) in [6.07, 6.45) is 0. The van der Waals surface area contributed by atoms with Gasteiger partial charge in [0.15, 0.2) is 11.6 Å². The van der Waals surface area contributed by atoms with Crippen molar-refractivity contribution in [3.63, 3.8) is 0 Å². The summed E-state index contributed by atoms with van der Waals surface area (Å²) in [4.78, 5) is 0. The Morgan fingerprint density at radius 2 is 1.14 bits per heavy atom. The minimum Gasteiger partial charge on any atom is -0.356 e. The van der Waals surface area contributed by atoms with E-state index in [1.165, 1.54) is 14.2 Å². The lowest BCUT2D eigenvalue weighted by Crippen LogP contribution is -2.42. The smallest absolute Gasteiger partial charge is 0.356 e. The Morgan fingerprint density at radius 1 is 0.857 bits per heavy atom. The normalized spacial score (nSPS) is 13.1. The third kappa shape index (κ3) is 5.56. The molecule has 0 bridgehead atoms. The summed E-state index contributed by atoms with van der Waals surface area (Å²) in [6, 6.07) is 0. The molecule has 83 valence electrons. The van der Waals surface area contributed by atoms with Gasteiger partial charge in [0.2, 0.25) is 0 Å². The molecule has 0 saturated carbocycles. The molecule has 1 radical (unpaired) electrons. The quantitative estimate of drug-likeness (QED) is 0.482. The Hall–Kier alpha value is -0.135. The first-order valence-corrected chi connectivity index (χ1v) is 4.34. The molecular weight excluding hydrogens is 187 g/mol. The Bertz CT molecular complexity index is 153. The van der Waals surface area contributed by atoms with Crippen LogP contribution < -0.4 is 0 Å². The Kier molecular flexibility index (Phi) is 5.04. The zero-order valence-electron chi connectivity index (χ0n) is 9.62. The van der Waals surface area contributed by atoms with Crippen molar-refractivity contribution < 1.29 is 23.8 Å². The standard InChI is InChI=1S/C8H18BO5/c1-7(2,11-5)13-9(10)14-8(3,4)12-6/h1-6H3. The summed E-state index contributed by atoms with van der Waals surface area (Å²) < 4.78 is 19.7. The van der Waals surface area contributed by atoms with Crippen molar-refractivity contribution in [2.75, 3.05) is 14.2 Å². The van der Waals surface area contributed by atoms with Crippen molar-refractivity contribution in [2.45, 2.75) is 39.3 Å². The van der Waals surface area contributed by atoms with Crippen LogP contribution in [0.15, 0.2) is 0 Å². The van der Waals surface area contributed by atoms with Crippen LogP contribution in [-0.4, -0.2) is 33.1 Å². The van der Waals surface area contributed by atoms with Gasteiger partial charge in [-0.15, -0.1) is 0 Å². The second-order valence-electron chi connectivity index (χ2n) is 3.73. The van der Waals surface area contributed by atoms with Crippen molar-refractivity contribution in [3.8, 4) is 0 Å². The molecule has 0 saturated heterocycles.